The van der Waals surface area contributed by atoms with Crippen LogP contribution in [0.25, 0.3) is 0 Å². The Morgan fingerprint density at radius 1 is 1.26 bits per heavy atom. The Hall–Kier alpha value is -2.06. The lowest BCUT2D eigenvalue weighted by atomic mass is 10.2. The van der Waals surface area contributed by atoms with Crippen LogP contribution >= 0.6 is 15.9 Å². The Bertz CT molecular complexity index is 836. The van der Waals surface area contributed by atoms with Crippen LogP contribution in [0.5, 0.6) is 5.75 Å². The normalized spacial score (nSPS) is 11.0. The predicted octanol–water partition coefficient (Wildman–Crippen LogP) is 3.35. The SMILES string of the molecule is CCOc1ccc(NS(=O)(=O)c2cccc(C(=O)O)c2)cc1Br. The van der Waals surface area contributed by atoms with Crippen molar-refractivity contribution in [1.82, 2.24) is 0 Å². The van der Waals surface area contributed by atoms with E-state index in [1.54, 1.807) is 18.2 Å². The summed E-state index contributed by atoms with van der Waals surface area (Å²) < 4.78 is 33.1. The second-order valence-corrected chi connectivity index (χ2v) is 7.05. The van der Waals surface area contributed by atoms with Gasteiger partial charge in [-0.15, -0.1) is 0 Å². The molecule has 0 aliphatic carbocycles. The molecule has 2 aromatic carbocycles. The van der Waals surface area contributed by atoms with Crippen molar-refractivity contribution in [2.24, 2.45) is 0 Å². The third-order valence-corrected chi connectivity index (χ3v) is 4.87. The highest BCUT2D eigenvalue weighted by molar-refractivity contribution is 9.10. The maximum Gasteiger partial charge on any atom is 0.335 e. The van der Waals surface area contributed by atoms with Crippen LogP contribution in [-0.2, 0) is 10.0 Å². The highest BCUT2D eigenvalue weighted by Crippen LogP contribution is 2.29. The van der Waals surface area contributed by atoms with Crippen LogP contribution in [0.2, 0.25) is 0 Å². The lowest BCUT2D eigenvalue weighted by Crippen LogP contribution is -2.13. The third kappa shape index (κ3) is 4.23. The summed E-state index contributed by atoms with van der Waals surface area (Å²) in [6.07, 6.45) is 0. The molecule has 122 valence electrons. The first-order valence-corrected chi connectivity index (χ1v) is 8.89. The van der Waals surface area contributed by atoms with E-state index >= 15 is 0 Å². The molecule has 0 aliphatic heterocycles. The molecule has 0 heterocycles. The van der Waals surface area contributed by atoms with Crippen LogP contribution in [0.15, 0.2) is 51.8 Å². The number of ether oxygens (including phenoxy) is 1. The third-order valence-electron chi connectivity index (χ3n) is 2.88. The number of sulfonamides is 1. The summed E-state index contributed by atoms with van der Waals surface area (Å²) >= 11 is 3.31. The van der Waals surface area contributed by atoms with E-state index in [1.165, 1.54) is 18.2 Å². The van der Waals surface area contributed by atoms with Gasteiger partial charge in [-0.2, -0.15) is 0 Å². The summed E-state index contributed by atoms with van der Waals surface area (Å²) in [5, 5.41) is 8.95. The standard InChI is InChI=1S/C15H14BrNO5S/c1-2-22-14-7-6-11(9-13(14)16)17-23(20,21)12-5-3-4-10(8-12)15(18)19/h3-9,17H,2H2,1H3,(H,18,19). The minimum absolute atomic E-state index is 0.0965. The molecule has 0 saturated heterocycles. The van der Waals surface area contributed by atoms with E-state index in [4.69, 9.17) is 9.84 Å². The first-order chi connectivity index (χ1) is 10.8. The average Bonchev–Trinajstić information content (AvgIpc) is 2.50. The molecule has 0 fully saturated rings. The lowest BCUT2D eigenvalue weighted by Gasteiger charge is -2.11. The van der Waals surface area contributed by atoms with E-state index in [1.807, 2.05) is 6.92 Å². The van der Waals surface area contributed by atoms with Gasteiger partial charge in [0.1, 0.15) is 5.75 Å². The van der Waals surface area contributed by atoms with Crippen LogP contribution in [0.4, 0.5) is 5.69 Å². The second kappa shape index (κ2) is 7.01. The van der Waals surface area contributed by atoms with Gasteiger partial charge in [-0.3, -0.25) is 4.72 Å². The van der Waals surface area contributed by atoms with E-state index in [2.05, 4.69) is 20.7 Å². The van der Waals surface area contributed by atoms with Crippen LogP contribution in [0.3, 0.4) is 0 Å². The fourth-order valence-electron chi connectivity index (χ4n) is 1.85. The van der Waals surface area contributed by atoms with Crippen LogP contribution in [0, 0.1) is 0 Å². The predicted molar refractivity (Wildman–Crippen MR) is 89.5 cm³/mol. The first-order valence-electron chi connectivity index (χ1n) is 6.62. The Morgan fingerprint density at radius 3 is 2.61 bits per heavy atom. The number of hydrogen-bond donors (Lipinski definition) is 2. The van der Waals surface area contributed by atoms with E-state index in [0.29, 0.717) is 22.5 Å². The van der Waals surface area contributed by atoms with Crippen molar-refractivity contribution in [1.29, 1.82) is 0 Å². The average molecular weight is 400 g/mol. The number of anilines is 1. The maximum absolute atomic E-state index is 12.3. The molecule has 6 nitrogen and oxygen atoms in total. The number of hydrogen-bond acceptors (Lipinski definition) is 4. The second-order valence-electron chi connectivity index (χ2n) is 4.52. The maximum atomic E-state index is 12.3. The van der Waals surface area contributed by atoms with Crippen molar-refractivity contribution in [3.05, 3.63) is 52.5 Å². The summed E-state index contributed by atoms with van der Waals surface area (Å²) in [6.45, 7) is 2.34. The number of nitrogens with one attached hydrogen (secondary N) is 1. The molecule has 0 spiro atoms. The molecule has 0 saturated carbocycles. The van der Waals surface area contributed by atoms with Gasteiger partial charge in [-0.25, -0.2) is 13.2 Å². The van der Waals surface area contributed by atoms with E-state index in [0.717, 1.165) is 6.07 Å². The van der Waals surface area contributed by atoms with Gasteiger partial charge in [0, 0.05) is 0 Å². The van der Waals surface area contributed by atoms with Crippen molar-refractivity contribution in [3.63, 3.8) is 0 Å². The van der Waals surface area contributed by atoms with Gasteiger partial charge in [-0.05, 0) is 59.3 Å². The summed E-state index contributed by atoms with van der Waals surface area (Å²) in [4.78, 5) is 10.8. The van der Waals surface area contributed by atoms with Gasteiger partial charge in [0.05, 0.1) is 27.2 Å². The molecule has 8 heteroatoms. The topological polar surface area (TPSA) is 92.7 Å². The van der Waals surface area contributed by atoms with Crippen LogP contribution in [0.1, 0.15) is 17.3 Å². The Kier molecular flexibility index (Phi) is 5.27. The largest absolute Gasteiger partial charge is 0.493 e. The Labute approximate surface area is 142 Å². The van der Waals surface area contributed by atoms with Crippen molar-refractivity contribution < 1.29 is 23.1 Å². The number of carboxylic acids is 1. The van der Waals surface area contributed by atoms with Crippen molar-refractivity contribution in [3.8, 4) is 5.75 Å². The molecule has 0 unspecified atom stereocenters. The summed E-state index contributed by atoms with van der Waals surface area (Å²) in [6, 6.07) is 9.92. The molecule has 0 radical (unpaired) electrons. The van der Waals surface area contributed by atoms with Gasteiger partial charge in [-0.1, -0.05) is 6.07 Å². The molecule has 0 bridgehead atoms. The summed E-state index contributed by atoms with van der Waals surface area (Å²) in [7, 11) is -3.89. The highest BCUT2D eigenvalue weighted by atomic mass is 79.9. The first kappa shape index (κ1) is 17.3. The molecule has 23 heavy (non-hydrogen) atoms. The molecule has 0 aliphatic rings. The van der Waals surface area contributed by atoms with Crippen molar-refractivity contribution >= 4 is 37.6 Å². The molecular formula is C15H14BrNO5S. The zero-order chi connectivity index (χ0) is 17.0. The van der Waals surface area contributed by atoms with Gasteiger partial charge < -0.3 is 9.84 Å². The van der Waals surface area contributed by atoms with Crippen LogP contribution < -0.4 is 9.46 Å². The molecule has 0 amide bonds. The number of aromatic carboxylic acids is 1. The van der Waals surface area contributed by atoms with Crippen molar-refractivity contribution in [2.45, 2.75) is 11.8 Å². The molecule has 2 rings (SSSR count). The van der Waals surface area contributed by atoms with E-state index < -0.39 is 16.0 Å². The summed E-state index contributed by atoms with van der Waals surface area (Å²) in [5.41, 5.74) is 0.238. The Morgan fingerprint density at radius 2 is 2.00 bits per heavy atom. The number of halogens is 1. The van der Waals surface area contributed by atoms with Gasteiger partial charge in [0.2, 0.25) is 0 Å². The van der Waals surface area contributed by atoms with Crippen molar-refractivity contribution in [2.75, 3.05) is 11.3 Å². The smallest absolute Gasteiger partial charge is 0.335 e. The summed E-state index contributed by atoms with van der Waals surface area (Å²) in [5.74, 6) is -0.589. The fourth-order valence-corrected chi connectivity index (χ4v) is 3.44. The molecule has 0 atom stereocenters. The van der Waals surface area contributed by atoms with E-state index in [-0.39, 0.29) is 10.5 Å². The Balaban J connectivity index is 2.29. The molecule has 2 aromatic rings. The van der Waals surface area contributed by atoms with Crippen LogP contribution in [-0.4, -0.2) is 26.1 Å². The monoisotopic (exact) mass is 399 g/mol. The quantitative estimate of drug-likeness (QED) is 0.776. The number of benzene rings is 2. The number of carboxylic acid groups (broad SMARTS) is 1. The number of carbonyl (C=O) groups is 1. The van der Waals surface area contributed by atoms with Gasteiger partial charge in [0.25, 0.3) is 10.0 Å². The zero-order valence-corrected chi connectivity index (χ0v) is 14.5. The minimum Gasteiger partial charge on any atom is -0.493 e. The van der Waals surface area contributed by atoms with Gasteiger partial charge in [0.15, 0.2) is 0 Å². The number of rotatable bonds is 6. The van der Waals surface area contributed by atoms with Gasteiger partial charge >= 0.3 is 5.97 Å². The van der Waals surface area contributed by atoms with E-state index in [9.17, 15) is 13.2 Å². The molecule has 0 aromatic heterocycles. The fraction of sp³-hybridized carbons (Fsp3) is 0.133. The molecular weight excluding hydrogens is 386 g/mol. The highest BCUT2D eigenvalue weighted by Gasteiger charge is 2.17. The minimum atomic E-state index is -3.89. The molecule has 2 N–H and O–H groups in total. The lowest BCUT2D eigenvalue weighted by molar-refractivity contribution is 0.0696. The zero-order valence-electron chi connectivity index (χ0n) is 12.1.